The third kappa shape index (κ3) is 7.21. The summed E-state index contributed by atoms with van der Waals surface area (Å²) >= 11 is 0. The van der Waals surface area contributed by atoms with Crippen molar-refractivity contribution in [3.63, 3.8) is 0 Å². The van der Waals surface area contributed by atoms with Crippen LogP contribution < -0.4 is 28.3 Å². The van der Waals surface area contributed by atoms with Crippen LogP contribution in [0.5, 0.6) is 0 Å². The number of nitrogens with one attached hydrogen (secondary N) is 1. The number of hydrogen-bond donors (Lipinski definition) is 13. The monoisotopic (exact) mass is 643 g/mol. The quantitative estimate of drug-likeness (QED) is 0.0993. The van der Waals surface area contributed by atoms with E-state index in [1.54, 1.807) is 6.92 Å². The molecule has 17 N–H and O–H groups in total. The Kier molecular flexibility index (Phi) is 12.7. The first kappa shape index (κ1) is 36.1. The number of hydrogen-bond acceptors (Lipinski definition) is 19. The Balaban J connectivity index is 1.52. The highest BCUT2D eigenvalue weighted by molar-refractivity contribution is 5.02. The standard InChI is InChI=1S/C25H49N5O14/c1-2-30-13-18(37)16(35)10(5-31)40-24(13)42-20-8(28)3-7(27)14(33)22(20)44-25-19(38)21(11(6-32)41-25)43-23-12(29)17(36)15(34)9(4-26)39-23/h7-25,30-38H,2-6,26-29H2,1H3/t7-,8-,9-,10-,11+,12-,13-,14+,15+,16-,17+,18-,19+,20-,21+,22+,23-,24-,25+/m0/s1. The van der Waals surface area contributed by atoms with E-state index in [0.717, 1.165) is 0 Å². The molecule has 4 aliphatic rings. The lowest BCUT2D eigenvalue weighted by molar-refractivity contribution is -0.313. The van der Waals surface area contributed by atoms with Crippen LogP contribution in [0.2, 0.25) is 0 Å². The van der Waals surface area contributed by atoms with Crippen LogP contribution >= 0.6 is 0 Å². The summed E-state index contributed by atoms with van der Waals surface area (Å²) in [5.41, 5.74) is 24.1. The molecule has 0 unspecified atom stereocenters. The van der Waals surface area contributed by atoms with Gasteiger partial charge in [0, 0.05) is 18.6 Å². The summed E-state index contributed by atoms with van der Waals surface area (Å²) in [4.78, 5) is 0. The number of likely N-dealkylation sites (N-methyl/N-ethyl adjacent to an activating group) is 1. The third-order valence-electron chi connectivity index (χ3n) is 8.71. The van der Waals surface area contributed by atoms with E-state index >= 15 is 0 Å². The van der Waals surface area contributed by atoms with Crippen LogP contribution in [-0.4, -0.2) is 183 Å². The van der Waals surface area contributed by atoms with Crippen molar-refractivity contribution in [3.8, 4) is 0 Å². The fourth-order valence-corrected chi connectivity index (χ4v) is 6.12. The molecule has 0 radical (unpaired) electrons. The highest BCUT2D eigenvalue weighted by atomic mass is 16.8. The second kappa shape index (κ2) is 15.4. The summed E-state index contributed by atoms with van der Waals surface area (Å²) in [7, 11) is 0. The zero-order chi connectivity index (χ0) is 32.5. The van der Waals surface area contributed by atoms with Crippen molar-refractivity contribution in [1.29, 1.82) is 0 Å². The molecule has 258 valence electrons. The molecule has 19 nitrogen and oxygen atoms in total. The number of aliphatic hydroxyl groups is 8. The first-order valence-corrected chi connectivity index (χ1v) is 14.8. The molecule has 1 aliphatic carbocycles. The van der Waals surface area contributed by atoms with Gasteiger partial charge in [0.15, 0.2) is 18.9 Å². The molecule has 0 aromatic heterocycles. The van der Waals surface area contributed by atoms with Crippen LogP contribution in [0.3, 0.4) is 0 Å². The van der Waals surface area contributed by atoms with Crippen molar-refractivity contribution in [1.82, 2.24) is 5.32 Å². The summed E-state index contributed by atoms with van der Waals surface area (Å²) < 4.78 is 35.0. The molecular formula is C25H49N5O14. The molecule has 44 heavy (non-hydrogen) atoms. The molecule has 0 spiro atoms. The lowest BCUT2D eigenvalue weighted by Crippen LogP contribution is -2.68. The Morgan fingerprint density at radius 1 is 0.636 bits per heavy atom. The number of rotatable bonds is 11. The number of nitrogens with two attached hydrogens (primary N) is 4. The van der Waals surface area contributed by atoms with E-state index in [4.69, 9.17) is 51.4 Å². The first-order chi connectivity index (χ1) is 20.9. The zero-order valence-corrected chi connectivity index (χ0v) is 24.3. The number of ether oxygens (including phenoxy) is 6. The molecule has 3 heterocycles. The molecule has 0 amide bonds. The van der Waals surface area contributed by atoms with Crippen molar-refractivity contribution >= 4 is 0 Å². The van der Waals surface area contributed by atoms with E-state index in [0.29, 0.717) is 6.54 Å². The Morgan fingerprint density at radius 2 is 1.20 bits per heavy atom. The molecule has 0 bridgehead atoms. The van der Waals surface area contributed by atoms with Gasteiger partial charge in [0.25, 0.3) is 0 Å². The van der Waals surface area contributed by atoms with E-state index in [1.165, 1.54) is 0 Å². The smallest absolute Gasteiger partial charge is 0.187 e. The van der Waals surface area contributed by atoms with Crippen LogP contribution in [0.4, 0.5) is 0 Å². The van der Waals surface area contributed by atoms with Gasteiger partial charge in [0.2, 0.25) is 0 Å². The molecule has 0 aromatic rings. The van der Waals surface area contributed by atoms with Gasteiger partial charge in [-0.15, -0.1) is 0 Å². The van der Waals surface area contributed by atoms with Crippen LogP contribution in [0, 0.1) is 0 Å². The number of aliphatic hydroxyl groups excluding tert-OH is 8. The minimum absolute atomic E-state index is 0.0887. The maximum atomic E-state index is 11.2. The maximum absolute atomic E-state index is 11.2. The fraction of sp³-hybridized carbons (Fsp3) is 1.00. The predicted molar refractivity (Wildman–Crippen MR) is 146 cm³/mol. The minimum Gasteiger partial charge on any atom is -0.394 e. The SMILES string of the molecule is CCN[C@@H]1[C@H](O[C@@H]2[C@H](O[C@H]3O[C@H](CO)[C@@H](O[C@@H]4O[C@@H](CN)[C@@H](O)[C@H](O)[C@@H]4N)[C@H]3O)[C@H](O)[C@@H](N)C[C@@H]2N)O[C@@H](CO)[C@H](O)[C@H]1O. The molecule has 1 saturated carbocycles. The average Bonchev–Trinajstić information content (AvgIpc) is 3.30. The molecule has 19 atom stereocenters. The Labute approximate surface area is 253 Å². The van der Waals surface area contributed by atoms with E-state index in [9.17, 15) is 40.9 Å². The first-order valence-electron chi connectivity index (χ1n) is 14.8. The van der Waals surface area contributed by atoms with Gasteiger partial charge in [-0.2, -0.15) is 0 Å². The fourth-order valence-electron chi connectivity index (χ4n) is 6.12. The van der Waals surface area contributed by atoms with Crippen molar-refractivity contribution in [2.24, 2.45) is 22.9 Å². The Hall–Kier alpha value is -0.760. The van der Waals surface area contributed by atoms with Gasteiger partial charge in [-0.25, -0.2) is 0 Å². The summed E-state index contributed by atoms with van der Waals surface area (Å²) in [5, 5.41) is 86.4. The molecule has 19 heteroatoms. The van der Waals surface area contributed by atoms with Crippen LogP contribution in [0.15, 0.2) is 0 Å². The lowest BCUT2D eigenvalue weighted by atomic mass is 9.84. The lowest BCUT2D eigenvalue weighted by Gasteiger charge is -2.48. The molecule has 0 aromatic carbocycles. The normalized spacial score (nSPS) is 51.9. The summed E-state index contributed by atoms with van der Waals surface area (Å²) in [6.45, 7) is 0.676. The van der Waals surface area contributed by atoms with E-state index < -0.39 is 129 Å². The van der Waals surface area contributed by atoms with E-state index in [1.807, 2.05) is 0 Å². The maximum Gasteiger partial charge on any atom is 0.187 e. The van der Waals surface area contributed by atoms with Crippen molar-refractivity contribution in [3.05, 3.63) is 0 Å². The second-order valence-corrected chi connectivity index (χ2v) is 11.7. The topological polar surface area (TPSA) is 333 Å². The van der Waals surface area contributed by atoms with Gasteiger partial charge in [0.05, 0.1) is 31.4 Å². The molecule has 3 aliphatic heterocycles. The average molecular weight is 644 g/mol. The van der Waals surface area contributed by atoms with Crippen LogP contribution in [-0.2, 0) is 28.4 Å². The van der Waals surface area contributed by atoms with Gasteiger partial charge in [0.1, 0.15) is 67.1 Å². The Bertz CT molecular complexity index is 900. The highest BCUT2D eigenvalue weighted by Crippen LogP contribution is 2.34. The largest absolute Gasteiger partial charge is 0.394 e. The summed E-state index contributed by atoms with van der Waals surface area (Å²) in [6, 6.07) is -3.94. The highest BCUT2D eigenvalue weighted by Gasteiger charge is 2.54. The third-order valence-corrected chi connectivity index (χ3v) is 8.71. The minimum atomic E-state index is -1.61. The van der Waals surface area contributed by atoms with Gasteiger partial charge in [-0.05, 0) is 13.0 Å². The molecule has 4 fully saturated rings. The molecule has 3 saturated heterocycles. The summed E-state index contributed by atoms with van der Waals surface area (Å²) in [5.74, 6) is 0. The van der Waals surface area contributed by atoms with Crippen molar-refractivity contribution in [2.75, 3.05) is 26.3 Å². The Morgan fingerprint density at radius 3 is 1.82 bits per heavy atom. The van der Waals surface area contributed by atoms with Gasteiger partial charge < -0.3 is 97.5 Å². The van der Waals surface area contributed by atoms with Crippen molar-refractivity contribution in [2.45, 2.75) is 130 Å². The molecule has 4 rings (SSSR count). The molecular weight excluding hydrogens is 594 g/mol. The van der Waals surface area contributed by atoms with Crippen LogP contribution in [0.1, 0.15) is 13.3 Å². The van der Waals surface area contributed by atoms with E-state index in [-0.39, 0.29) is 13.0 Å². The van der Waals surface area contributed by atoms with Crippen molar-refractivity contribution < 1.29 is 69.3 Å². The summed E-state index contributed by atoms with van der Waals surface area (Å²) in [6.07, 6.45) is -20.0. The van der Waals surface area contributed by atoms with E-state index in [2.05, 4.69) is 5.32 Å². The second-order valence-electron chi connectivity index (χ2n) is 11.7. The van der Waals surface area contributed by atoms with Gasteiger partial charge >= 0.3 is 0 Å². The van der Waals surface area contributed by atoms with Gasteiger partial charge in [-0.3, -0.25) is 0 Å². The van der Waals surface area contributed by atoms with Crippen LogP contribution in [0.25, 0.3) is 0 Å². The zero-order valence-electron chi connectivity index (χ0n) is 24.3. The predicted octanol–water partition coefficient (Wildman–Crippen LogP) is -8.21. The van der Waals surface area contributed by atoms with Gasteiger partial charge in [-0.1, -0.05) is 6.92 Å².